The van der Waals surface area contributed by atoms with Gasteiger partial charge in [-0.05, 0) is 36.2 Å². The van der Waals surface area contributed by atoms with Gasteiger partial charge in [0.05, 0.1) is 6.26 Å². The molecule has 6 heteroatoms. The molecule has 2 rings (SSSR count). The first kappa shape index (κ1) is 15.6. The van der Waals surface area contributed by atoms with Crippen LogP contribution in [0.1, 0.15) is 35.9 Å². The van der Waals surface area contributed by atoms with E-state index in [4.69, 9.17) is 14.3 Å². The quantitative estimate of drug-likeness (QED) is 0.856. The maximum atomic E-state index is 12.2. The normalized spacial score (nSPS) is 10.5. The molecule has 0 aliphatic heterocycles. The van der Waals surface area contributed by atoms with Crippen LogP contribution in [-0.4, -0.2) is 23.6 Å². The van der Waals surface area contributed by atoms with Crippen molar-refractivity contribution in [3.8, 4) is 5.75 Å². The molecule has 0 bridgehead atoms. The molecular weight excluding hydrogens is 286 g/mol. The van der Waals surface area contributed by atoms with Crippen molar-refractivity contribution < 1.29 is 23.8 Å². The highest BCUT2D eigenvalue weighted by atomic mass is 16.5. The largest absolute Gasteiger partial charge is 0.482 e. The van der Waals surface area contributed by atoms with Gasteiger partial charge in [-0.25, -0.2) is 4.79 Å². The van der Waals surface area contributed by atoms with Crippen molar-refractivity contribution in [2.45, 2.75) is 19.8 Å². The van der Waals surface area contributed by atoms with Gasteiger partial charge in [0.1, 0.15) is 5.75 Å². The number of nitrogens with one attached hydrogen (secondary N) is 1. The van der Waals surface area contributed by atoms with Gasteiger partial charge < -0.3 is 19.6 Å². The van der Waals surface area contributed by atoms with Gasteiger partial charge in [-0.1, -0.05) is 13.8 Å². The number of hydrogen-bond donors (Lipinski definition) is 2. The number of rotatable bonds is 6. The Morgan fingerprint density at radius 3 is 2.50 bits per heavy atom. The predicted octanol–water partition coefficient (Wildman–Crippen LogP) is 3.12. The fourth-order valence-electron chi connectivity index (χ4n) is 1.93. The number of ether oxygens (including phenoxy) is 1. The number of anilines is 1. The van der Waals surface area contributed by atoms with Crippen molar-refractivity contribution >= 4 is 17.6 Å². The molecule has 22 heavy (non-hydrogen) atoms. The molecule has 0 aliphatic carbocycles. The molecule has 2 N–H and O–H groups in total. The number of furan rings is 1. The van der Waals surface area contributed by atoms with E-state index in [1.165, 1.54) is 6.26 Å². The van der Waals surface area contributed by atoms with E-state index in [-0.39, 0.29) is 11.8 Å². The van der Waals surface area contributed by atoms with Crippen LogP contribution in [0.5, 0.6) is 5.75 Å². The zero-order chi connectivity index (χ0) is 16.1. The fraction of sp³-hybridized carbons (Fsp3) is 0.250. The monoisotopic (exact) mass is 303 g/mol. The molecule has 0 aliphatic rings. The maximum absolute atomic E-state index is 12.2. The SMILES string of the molecule is CC(C)c1ccoc1C(=O)Nc1ccc(OCC(=O)O)cc1. The molecule has 0 saturated heterocycles. The molecule has 116 valence electrons. The van der Waals surface area contributed by atoms with Crippen LogP contribution in [0.25, 0.3) is 0 Å². The summed E-state index contributed by atoms with van der Waals surface area (Å²) in [5.74, 6) is -0.474. The minimum atomic E-state index is -1.04. The van der Waals surface area contributed by atoms with Gasteiger partial charge in [-0.3, -0.25) is 4.79 Å². The van der Waals surface area contributed by atoms with Crippen molar-refractivity contribution in [2.75, 3.05) is 11.9 Å². The maximum Gasteiger partial charge on any atom is 0.341 e. The third kappa shape index (κ3) is 3.88. The summed E-state index contributed by atoms with van der Waals surface area (Å²) >= 11 is 0. The summed E-state index contributed by atoms with van der Waals surface area (Å²) in [6.07, 6.45) is 1.49. The van der Waals surface area contributed by atoms with Crippen LogP contribution in [0.3, 0.4) is 0 Å². The number of carboxylic acid groups (broad SMARTS) is 1. The van der Waals surface area contributed by atoms with Crippen LogP contribution in [0.15, 0.2) is 41.0 Å². The first-order valence-electron chi connectivity index (χ1n) is 6.80. The number of amides is 1. The highest BCUT2D eigenvalue weighted by Crippen LogP contribution is 2.22. The van der Waals surface area contributed by atoms with Gasteiger partial charge >= 0.3 is 5.97 Å². The van der Waals surface area contributed by atoms with E-state index in [9.17, 15) is 9.59 Å². The van der Waals surface area contributed by atoms with Crippen molar-refractivity contribution in [2.24, 2.45) is 0 Å². The number of carbonyl (C=O) groups is 2. The summed E-state index contributed by atoms with van der Waals surface area (Å²) in [4.78, 5) is 22.6. The van der Waals surface area contributed by atoms with Crippen LogP contribution < -0.4 is 10.1 Å². The predicted molar refractivity (Wildman–Crippen MR) is 80.3 cm³/mol. The summed E-state index contributed by atoms with van der Waals surface area (Å²) < 4.78 is 10.3. The zero-order valence-corrected chi connectivity index (χ0v) is 12.3. The van der Waals surface area contributed by atoms with E-state index in [0.29, 0.717) is 17.2 Å². The van der Waals surface area contributed by atoms with Gasteiger partial charge in [-0.15, -0.1) is 0 Å². The molecule has 1 heterocycles. The van der Waals surface area contributed by atoms with Crippen molar-refractivity contribution in [1.82, 2.24) is 0 Å². The van der Waals surface area contributed by atoms with E-state index in [0.717, 1.165) is 5.56 Å². The molecular formula is C16H17NO5. The smallest absolute Gasteiger partial charge is 0.341 e. The fourth-order valence-corrected chi connectivity index (χ4v) is 1.93. The van der Waals surface area contributed by atoms with E-state index >= 15 is 0 Å². The second-order valence-electron chi connectivity index (χ2n) is 5.02. The highest BCUT2D eigenvalue weighted by Gasteiger charge is 2.17. The lowest BCUT2D eigenvalue weighted by Gasteiger charge is -2.08. The number of benzene rings is 1. The van der Waals surface area contributed by atoms with E-state index in [2.05, 4.69) is 5.32 Å². The first-order valence-corrected chi connectivity index (χ1v) is 6.80. The Kier molecular flexibility index (Phi) is 4.83. The van der Waals surface area contributed by atoms with E-state index in [1.54, 1.807) is 30.3 Å². The third-order valence-electron chi connectivity index (χ3n) is 3.00. The molecule has 0 radical (unpaired) electrons. The topological polar surface area (TPSA) is 88.8 Å². The average Bonchev–Trinajstić information content (AvgIpc) is 2.96. The Balaban J connectivity index is 2.02. The minimum Gasteiger partial charge on any atom is -0.482 e. The molecule has 0 unspecified atom stereocenters. The molecule has 6 nitrogen and oxygen atoms in total. The van der Waals surface area contributed by atoms with Crippen LogP contribution in [0.4, 0.5) is 5.69 Å². The Morgan fingerprint density at radius 1 is 1.23 bits per heavy atom. The first-order chi connectivity index (χ1) is 10.5. The van der Waals surface area contributed by atoms with Crippen molar-refractivity contribution in [3.63, 3.8) is 0 Å². The van der Waals surface area contributed by atoms with Crippen LogP contribution >= 0.6 is 0 Å². The average molecular weight is 303 g/mol. The summed E-state index contributed by atoms with van der Waals surface area (Å²) in [6, 6.07) is 8.22. The number of hydrogen-bond acceptors (Lipinski definition) is 4. The van der Waals surface area contributed by atoms with Gasteiger partial charge in [0.2, 0.25) is 0 Å². The zero-order valence-electron chi connectivity index (χ0n) is 12.3. The lowest BCUT2D eigenvalue weighted by Crippen LogP contribution is -2.13. The second kappa shape index (κ2) is 6.80. The standard InChI is InChI=1S/C16H17NO5/c1-10(2)13-7-8-21-15(13)16(20)17-11-3-5-12(6-4-11)22-9-14(18)19/h3-8,10H,9H2,1-2H3,(H,17,20)(H,18,19). The van der Waals surface area contributed by atoms with Crippen LogP contribution in [0.2, 0.25) is 0 Å². The van der Waals surface area contributed by atoms with Crippen molar-refractivity contribution in [3.05, 3.63) is 47.9 Å². The number of aliphatic carboxylic acids is 1. The summed E-state index contributed by atoms with van der Waals surface area (Å²) in [5.41, 5.74) is 1.41. The third-order valence-corrected chi connectivity index (χ3v) is 3.00. The molecule has 1 aromatic heterocycles. The Bertz CT molecular complexity index is 657. The molecule has 0 saturated carbocycles. The van der Waals surface area contributed by atoms with E-state index in [1.807, 2.05) is 13.8 Å². The second-order valence-corrected chi connectivity index (χ2v) is 5.02. The number of carbonyl (C=O) groups excluding carboxylic acids is 1. The Hall–Kier alpha value is -2.76. The molecule has 0 spiro atoms. The van der Waals surface area contributed by atoms with Gasteiger partial charge in [0.25, 0.3) is 5.91 Å². The molecule has 1 aromatic carbocycles. The van der Waals surface area contributed by atoms with Crippen molar-refractivity contribution in [1.29, 1.82) is 0 Å². The van der Waals surface area contributed by atoms with Crippen LogP contribution in [-0.2, 0) is 4.79 Å². The van der Waals surface area contributed by atoms with Gasteiger partial charge in [0, 0.05) is 11.3 Å². The molecule has 0 atom stereocenters. The minimum absolute atomic E-state index is 0.186. The molecule has 1 amide bonds. The molecule has 2 aromatic rings. The summed E-state index contributed by atoms with van der Waals surface area (Å²) in [5, 5.41) is 11.3. The lowest BCUT2D eigenvalue weighted by molar-refractivity contribution is -0.139. The van der Waals surface area contributed by atoms with Gasteiger partial charge in [0.15, 0.2) is 12.4 Å². The van der Waals surface area contributed by atoms with Crippen LogP contribution in [0, 0.1) is 0 Å². The molecule has 0 fully saturated rings. The summed E-state index contributed by atoms with van der Waals surface area (Å²) in [6.45, 7) is 3.56. The number of carboxylic acids is 1. The highest BCUT2D eigenvalue weighted by molar-refractivity contribution is 6.03. The summed E-state index contributed by atoms with van der Waals surface area (Å²) in [7, 11) is 0. The lowest BCUT2D eigenvalue weighted by atomic mass is 10.0. The Labute approximate surface area is 127 Å². The van der Waals surface area contributed by atoms with Gasteiger partial charge in [-0.2, -0.15) is 0 Å². The van der Waals surface area contributed by atoms with E-state index < -0.39 is 12.6 Å². The Morgan fingerprint density at radius 2 is 1.91 bits per heavy atom.